The van der Waals surface area contributed by atoms with Gasteiger partial charge in [-0.3, -0.25) is 4.57 Å². The molecule has 0 saturated carbocycles. The highest BCUT2D eigenvalue weighted by molar-refractivity contribution is 5.57. The summed E-state index contributed by atoms with van der Waals surface area (Å²) in [5.41, 5.74) is 3.17. The van der Waals surface area contributed by atoms with Gasteiger partial charge in [0.15, 0.2) is 0 Å². The summed E-state index contributed by atoms with van der Waals surface area (Å²) in [4.78, 5) is 13.3. The molecule has 6 heteroatoms. The SMILES string of the molecule is Cc1cccc(-n2ccnc2-c2cnc(NC[C@H]3CCCO3)nc2)c1. The minimum Gasteiger partial charge on any atom is -0.376 e. The normalized spacial score (nSPS) is 16.9. The number of nitrogens with one attached hydrogen (secondary N) is 1. The Hall–Kier alpha value is -2.73. The molecule has 1 aliphatic heterocycles. The first-order valence-electron chi connectivity index (χ1n) is 8.58. The minimum atomic E-state index is 0.267. The van der Waals surface area contributed by atoms with E-state index in [4.69, 9.17) is 4.74 Å². The van der Waals surface area contributed by atoms with Gasteiger partial charge in [0.25, 0.3) is 0 Å². The van der Waals surface area contributed by atoms with E-state index in [0.717, 1.165) is 43.1 Å². The fourth-order valence-corrected chi connectivity index (χ4v) is 3.05. The fraction of sp³-hybridized carbons (Fsp3) is 0.316. The Morgan fingerprint density at radius 1 is 1.24 bits per heavy atom. The molecule has 0 bridgehead atoms. The van der Waals surface area contributed by atoms with Crippen LogP contribution >= 0.6 is 0 Å². The molecule has 1 aliphatic rings. The molecule has 128 valence electrons. The molecule has 3 heterocycles. The Balaban J connectivity index is 1.52. The summed E-state index contributed by atoms with van der Waals surface area (Å²) in [6, 6.07) is 8.32. The average molecular weight is 335 g/mol. The van der Waals surface area contributed by atoms with E-state index in [1.165, 1.54) is 5.56 Å². The number of imidazole rings is 1. The summed E-state index contributed by atoms with van der Waals surface area (Å²) < 4.78 is 7.65. The van der Waals surface area contributed by atoms with Gasteiger partial charge in [0.1, 0.15) is 5.82 Å². The third-order valence-corrected chi connectivity index (χ3v) is 4.34. The van der Waals surface area contributed by atoms with E-state index >= 15 is 0 Å². The maximum Gasteiger partial charge on any atom is 0.222 e. The van der Waals surface area contributed by atoms with Gasteiger partial charge in [-0.15, -0.1) is 0 Å². The highest BCUT2D eigenvalue weighted by atomic mass is 16.5. The first kappa shape index (κ1) is 15.8. The quantitative estimate of drug-likeness (QED) is 0.775. The van der Waals surface area contributed by atoms with Crippen molar-refractivity contribution in [2.24, 2.45) is 0 Å². The lowest BCUT2D eigenvalue weighted by atomic mass is 10.2. The molecule has 0 spiro atoms. The van der Waals surface area contributed by atoms with Gasteiger partial charge < -0.3 is 10.1 Å². The molecule has 0 radical (unpaired) electrons. The van der Waals surface area contributed by atoms with Crippen LogP contribution in [0.5, 0.6) is 0 Å². The number of rotatable bonds is 5. The van der Waals surface area contributed by atoms with Crippen LogP contribution in [0, 0.1) is 6.92 Å². The zero-order valence-corrected chi connectivity index (χ0v) is 14.2. The van der Waals surface area contributed by atoms with Crippen LogP contribution < -0.4 is 5.32 Å². The van der Waals surface area contributed by atoms with Gasteiger partial charge in [-0.05, 0) is 37.5 Å². The second kappa shape index (κ2) is 7.03. The van der Waals surface area contributed by atoms with Gasteiger partial charge in [0.05, 0.1) is 11.7 Å². The van der Waals surface area contributed by atoms with Crippen molar-refractivity contribution in [3.05, 3.63) is 54.6 Å². The second-order valence-corrected chi connectivity index (χ2v) is 6.27. The number of aryl methyl sites for hydroxylation is 1. The topological polar surface area (TPSA) is 64.9 Å². The van der Waals surface area contributed by atoms with E-state index in [1.807, 2.05) is 16.8 Å². The summed E-state index contributed by atoms with van der Waals surface area (Å²) in [5.74, 6) is 1.45. The van der Waals surface area contributed by atoms with Crippen molar-refractivity contribution in [1.82, 2.24) is 19.5 Å². The molecule has 1 aromatic carbocycles. The average Bonchev–Trinajstić information content (AvgIpc) is 3.32. The van der Waals surface area contributed by atoms with E-state index in [-0.39, 0.29) is 6.10 Å². The summed E-state index contributed by atoms with van der Waals surface area (Å²) in [7, 11) is 0. The van der Waals surface area contributed by atoms with E-state index < -0.39 is 0 Å². The molecule has 25 heavy (non-hydrogen) atoms. The number of hydrogen-bond acceptors (Lipinski definition) is 5. The molecule has 2 aromatic heterocycles. The van der Waals surface area contributed by atoms with Crippen LogP contribution in [0.1, 0.15) is 18.4 Å². The molecule has 1 N–H and O–H groups in total. The van der Waals surface area contributed by atoms with Crippen LogP contribution in [0.4, 0.5) is 5.95 Å². The second-order valence-electron chi connectivity index (χ2n) is 6.27. The molecule has 4 rings (SSSR count). The third-order valence-electron chi connectivity index (χ3n) is 4.34. The highest BCUT2D eigenvalue weighted by Gasteiger charge is 2.15. The Bertz CT molecular complexity index is 837. The van der Waals surface area contributed by atoms with Crippen LogP contribution in [-0.4, -0.2) is 38.8 Å². The largest absolute Gasteiger partial charge is 0.376 e. The van der Waals surface area contributed by atoms with E-state index in [2.05, 4.69) is 45.4 Å². The van der Waals surface area contributed by atoms with Crippen LogP contribution in [-0.2, 0) is 4.74 Å². The Labute approximate surface area is 146 Å². The smallest absolute Gasteiger partial charge is 0.222 e. The number of ether oxygens (including phenoxy) is 1. The molecule has 1 saturated heterocycles. The summed E-state index contributed by atoms with van der Waals surface area (Å²) >= 11 is 0. The zero-order chi connectivity index (χ0) is 17.1. The third kappa shape index (κ3) is 3.53. The Morgan fingerprint density at radius 3 is 2.88 bits per heavy atom. The number of benzene rings is 1. The van der Waals surface area contributed by atoms with Crippen LogP contribution in [0.3, 0.4) is 0 Å². The van der Waals surface area contributed by atoms with Crippen LogP contribution in [0.25, 0.3) is 17.1 Å². The standard InChI is InChI=1S/C19H21N5O/c1-14-4-2-5-16(10-14)24-8-7-20-18(24)15-11-21-19(22-12-15)23-13-17-6-3-9-25-17/h2,4-5,7-8,10-12,17H,3,6,9,13H2,1H3,(H,21,22,23)/t17-/m1/s1. The molecular weight excluding hydrogens is 314 g/mol. The van der Waals surface area contributed by atoms with Gasteiger partial charge in [0, 0.05) is 43.6 Å². The van der Waals surface area contributed by atoms with Crippen molar-refractivity contribution in [3.8, 4) is 17.1 Å². The van der Waals surface area contributed by atoms with Crippen molar-refractivity contribution in [2.45, 2.75) is 25.9 Å². The van der Waals surface area contributed by atoms with Gasteiger partial charge >= 0.3 is 0 Å². The lowest BCUT2D eigenvalue weighted by Crippen LogP contribution is -2.19. The number of nitrogens with zero attached hydrogens (tertiary/aromatic N) is 4. The maximum absolute atomic E-state index is 5.60. The van der Waals surface area contributed by atoms with Gasteiger partial charge in [-0.2, -0.15) is 0 Å². The van der Waals surface area contributed by atoms with Crippen molar-refractivity contribution >= 4 is 5.95 Å². The minimum absolute atomic E-state index is 0.267. The van der Waals surface area contributed by atoms with E-state index in [9.17, 15) is 0 Å². The van der Waals surface area contributed by atoms with Crippen molar-refractivity contribution in [1.29, 1.82) is 0 Å². The Kier molecular flexibility index (Phi) is 4.43. The van der Waals surface area contributed by atoms with Gasteiger partial charge in [-0.25, -0.2) is 15.0 Å². The zero-order valence-electron chi connectivity index (χ0n) is 14.2. The molecule has 1 atom stereocenters. The van der Waals surface area contributed by atoms with Crippen molar-refractivity contribution < 1.29 is 4.74 Å². The molecule has 0 aliphatic carbocycles. The maximum atomic E-state index is 5.60. The first-order chi connectivity index (χ1) is 12.3. The Morgan fingerprint density at radius 2 is 2.12 bits per heavy atom. The van der Waals surface area contributed by atoms with Crippen molar-refractivity contribution in [2.75, 3.05) is 18.5 Å². The number of aromatic nitrogens is 4. The molecule has 6 nitrogen and oxygen atoms in total. The predicted octanol–water partition coefficient (Wildman–Crippen LogP) is 3.23. The lowest BCUT2D eigenvalue weighted by molar-refractivity contribution is 0.120. The molecular formula is C19H21N5O. The number of hydrogen-bond donors (Lipinski definition) is 1. The fourth-order valence-electron chi connectivity index (χ4n) is 3.05. The van der Waals surface area contributed by atoms with Gasteiger partial charge in [-0.1, -0.05) is 12.1 Å². The van der Waals surface area contributed by atoms with E-state index in [0.29, 0.717) is 5.95 Å². The van der Waals surface area contributed by atoms with Crippen LogP contribution in [0.2, 0.25) is 0 Å². The molecule has 1 fully saturated rings. The van der Waals surface area contributed by atoms with Crippen LogP contribution in [0.15, 0.2) is 49.1 Å². The first-order valence-corrected chi connectivity index (χ1v) is 8.58. The molecule has 0 unspecified atom stereocenters. The molecule has 0 amide bonds. The summed E-state index contributed by atoms with van der Waals surface area (Å²) in [6.07, 6.45) is 9.85. The number of anilines is 1. The predicted molar refractivity (Wildman–Crippen MR) is 96.8 cm³/mol. The lowest BCUT2D eigenvalue weighted by Gasteiger charge is -2.11. The van der Waals surface area contributed by atoms with Gasteiger partial charge in [0.2, 0.25) is 5.95 Å². The summed E-state index contributed by atoms with van der Waals surface area (Å²) in [6.45, 7) is 3.68. The summed E-state index contributed by atoms with van der Waals surface area (Å²) in [5, 5.41) is 3.24. The highest BCUT2D eigenvalue weighted by Crippen LogP contribution is 2.21. The molecule has 3 aromatic rings. The van der Waals surface area contributed by atoms with E-state index in [1.54, 1.807) is 18.6 Å². The monoisotopic (exact) mass is 335 g/mol. The van der Waals surface area contributed by atoms with Crippen molar-refractivity contribution in [3.63, 3.8) is 0 Å².